The first-order chi connectivity index (χ1) is 9.75. The number of fused-ring (bicyclic) bond motifs is 1. The number of amides is 1. The molecule has 3 atom stereocenters. The van der Waals surface area contributed by atoms with E-state index < -0.39 is 0 Å². The maximum Gasteiger partial charge on any atom is 0.409 e. The minimum Gasteiger partial charge on any atom is -0.462 e. The molecule has 3 fully saturated rings. The lowest BCUT2D eigenvalue weighted by atomic mass is 9.92. The van der Waals surface area contributed by atoms with Crippen molar-refractivity contribution in [2.75, 3.05) is 19.7 Å². The van der Waals surface area contributed by atoms with Crippen LogP contribution in [-0.4, -0.2) is 42.8 Å². The monoisotopic (exact) mass is 281 g/mol. The fraction of sp³-hybridized carbons (Fsp3) is 0.867. The summed E-state index contributed by atoms with van der Waals surface area (Å²) in [5, 5.41) is 0. The summed E-state index contributed by atoms with van der Waals surface area (Å²) in [4.78, 5) is 25.3. The number of esters is 1. The molecule has 0 bridgehead atoms. The minimum absolute atomic E-state index is 0.0378. The third-order valence-corrected chi connectivity index (χ3v) is 4.86. The number of cyclic esters (lactones) is 1. The molecular formula is C15H23NO4. The molecule has 0 aromatic heterocycles. The molecular weight excluding hydrogens is 258 g/mol. The van der Waals surface area contributed by atoms with E-state index in [1.54, 1.807) is 4.90 Å². The molecule has 2 heterocycles. The van der Waals surface area contributed by atoms with Gasteiger partial charge in [-0.15, -0.1) is 0 Å². The molecule has 0 radical (unpaired) electrons. The van der Waals surface area contributed by atoms with E-state index in [1.165, 1.54) is 6.42 Å². The standard InChI is InChI=1S/C15H23NO4/c17-14-12-6-4-5-11(12)13(20-14)7-10-19-15(18)16-8-2-1-3-9-16/h11-13H,1-10H2. The van der Waals surface area contributed by atoms with Crippen LogP contribution in [0.1, 0.15) is 44.9 Å². The number of hydrogen-bond donors (Lipinski definition) is 0. The van der Waals surface area contributed by atoms with Gasteiger partial charge in [-0.1, -0.05) is 6.42 Å². The van der Waals surface area contributed by atoms with Gasteiger partial charge in [0.05, 0.1) is 12.5 Å². The number of ether oxygens (including phenoxy) is 2. The molecule has 5 heteroatoms. The summed E-state index contributed by atoms with van der Waals surface area (Å²) in [6.07, 6.45) is 6.89. The van der Waals surface area contributed by atoms with Crippen LogP contribution in [0.5, 0.6) is 0 Å². The highest BCUT2D eigenvalue weighted by molar-refractivity contribution is 5.75. The maximum absolute atomic E-state index is 11.9. The number of carbonyl (C=O) groups is 2. The van der Waals surface area contributed by atoms with E-state index >= 15 is 0 Å². The van der Waals surface area contributed by atoms with Crippen molar-refractivity contribution in [3.63, 3.8) is 0 Å². The number of nitrogens with zero attached hydrogens (tertiary/aromatic N) is 1. The number of carbonyl (C=O) groups excluding carboxylic acids is 2. The lowest BCUT2D eigenvalue weighted by Crippen LogP contribution is -2.36. The SMILES string of the molecule is O=C1OC(CCOC(=O)N2CCCCC2)C2CCCC12. The van der Waals surface area contributed by atoms with E-state index in [2.05, 4.69) is 0 Å². The lowest BCUT2D eigenvalue weighted by Gasteiger charge is -2.26. The smallest absolute Gasteiger partial charge is 0.409 e. The summed E-state index contributed by atoms with van der Waals surface area (Å²) in [7, 11) is 0. The van der Waals surface area contributed by atoms with Crippen molar-refractivity contribution in [3.05, 3.63) is 0 Å². The van der Waals surface area contributed by atoms with Gasteiger partial charge in [0.2, 0.25) is 0 Å². The zero-order chi connectivity index (χ0) is 13.9. The first kappa shape index (κ1) is 13.7. The summed E-state index contributed by atoms with van der Waals surface area (Å²) in [6.45, 7) is 1.97. The van der Waals surface area contributed by atoms with Crippen molar-refractivity contribution in [2.24, 2.45) is 11.8 Å². The summed E-state index contributed by atoms with van der Waals surface area (Å²) in [5.74, 6) is 0.425. The van der Waals surface area contributed by atoms with E-state index in [0.29, 0.717) is 18.9 Å². The number of piperidine rings is 1. The molecule has 5 nitrogen and oxygen atoms in total. The average molecular weight is 281 g/mol. The fourth-order valence-corrected chi connectivity index (χ4v) is 3.75. The normalized spacial score (nSPS) is 32.9. The van der Waals surface area contributed by atoms with Gasteiger partial charge in [-0.3, -0.25) is 4.79 Å². The molecule has 1 saturated carbocycles. The van der Waals surface area contributed by atoms with Crippen LogP contribution in [0.4, 0.5) is 4.79 Å². The van der Waals surface area contributed by atoms with Crippen molar-refractivity contribution in [2.45, 2.75) is 51.0 Å². The molecule has 0 spiro atoms. The van der Waals surface area contributed by atoms with Crippen molar-refractivity contribution in [3.8, 4) is 0 Å². The van der Waals surface area contributed by atoms with Crippen LogP contribution in [0.25, 0.3) is 0 Å². The number of hydrogen-bond acceptors (Lipinski definition) is 4. The van der Waals surface area contributed by atoms with E-state index in [-0.39, 0.29) is 24.1 Å². The Bertz CT molecular complexity index is 378. The predicted molar refractivity (Wildman–Crippen MR) is 72.1 cm³/mol. The Labute approximate surface area is 119 Å². The van der Waals surface area contributed by atoms with Gasteiger partial charge in [0.15, 0.2) is 0 Å². The largest absolute Gasteiger partial charge is 0.462 e. The molecule has 3 aliphatic rings. The van der Waals surface area contributed by atoms with Crippen LogP contribution in [0, 0.1) is 11.8 Å². The van der Waals surface area contributed by atoms with Crippen LogP contribution >= 0.6 is 0 Å². The zero-order valence-corrected chi connectivity index (χ0v) is 11.9. The highest BCUT2D eigenvalue weighted by atomic mass is 16.6. The highest BCUT2D eigenvalue weighted by Gasteiger charge is 2.46. The predicted octanol–water partition coefficient (Wildman–Crippen LogP) is 2.34. The topological polar surface area (TPSA) is 55.8 Å². The van der Waals surface area contributed by atoms with E-state index in [1.807, 2.05) is 0 Å². The minimum atomic E-state index is -0.211. The van der Waals surface area contributed by atoms with E-state index in [9.17, 15) is 9.59 Å². The Morgan fingerprint density at radius 3 is 2.80 bits per heavy atom. The second kappa shape index (κ2) is 6.02. The van der Waals surface area contributed by atoms with Gasteiger partial charge < -0.3 is 14.4 Å². The van der Waals surface area contributed by atoms with Crippen LogP contribution < -0.4 is 0 Å². The van der Waals surface area contributed by atoms with Gasteiger partial charge in [-0.25, -0.2) is 4.79 Å². The van der Waals surface area contributed by atoms with Gasteiger partial charge in [0.25, 0.3) is 0 Å². The number of likely N-dealkylation sites (tertiary alicyclic amines) is 1. The molecule has 112 valence electrons. The quantitative estimate of drug-likeness (QED) is 0.745. The van der Waals surface area contributed by atoms with Gasteiger partial charge in [-0.05, 0) is 32.1 Å². The Balaban J connectivity index is 1.41. The van der Waals surface area contributed by atoms with Crippen molar-refractivity contribution >= 4 is 12.1 Å². The first-order valence-electron chi connectivity index (χ1n) is 7.88. The van der Waals surface area contributed by atoms with Crippen LogP contribution in [-0.2, 0) is 14.3 Å². The van der Waals surface area contributed by atoms with Gasteiger partial charge >= 0.3 is 12.1 Å². The maximum atomic E-state index is 11.9. The summed E-state index contributed by atoms with van der Waals surface area (Å²) >= 11 is 0. The fourth-order valence-electron chi connectivity index (χ4n) is 3.75. The van der Waals surface area contributed by atoms with Gasteiger partial charge in [-0.2, -0.15) is 0 Å². The van der Waals surface area contributed by atoms with Gasteiger partial charge in [0, 0.05) is 25.4 Å². The van der Waals surface area contributed by atoms with E-state index in [4.69, 9.17) is 9.47 Å². The lowest BCUT2D eigenvalue weighted by molar-refractivity contribution is -0.145. The molecule has 1 amide bonds. The molecule has 3 unspecified atom stereocenters. The zero-order valence-electron chi connectivity index (χ0n) is 11.9. The molecule has 3 rings (SSSR count). The van der Waals surface area contributed by atoms with Gasteiger partial charge in [0.1, 0.15) is 6.10 Å². The summed E-state index contributed by atoms with van der Waals surface area (Å²) in [5.41, 5.74) is 0. The van der Waals surface area contributed by atoms with Crippen molar-refractivity contribution in [1.29, 1.82) is 0 Å². The first-order valence-corrected chi connectivity index (χ1v) is 7.88. The number of rotatable bonds is 3. The molecule has 0 aromatic rings. The second-order valence-corrected chi connectivity index (χ2v) is 6.13. The van der Waals surface area contributed by atoms with Crippen LogP contribution in [0.15, 0.2) is 0 Å². The average Bonchev–Trinajstić information content (AvgIpc) is 3.05. The van der Waals surface area contributed by atoms with Crippen molar-refractivity contribution < 1.29 is 19.1 Å². The second-order valence-electron chi connectivity index (χ2n) is 6.13. The van der Waals surface area contributed by atoms with E-state index in [0.717, 1.165) is 45.2 Å². The molecule has 0 aromatic carbocycles. The third-order valence-electron chi connectivity index (χ3n) is 4.86. The Hall–Kier alpha value is -1.26. The highest BCUT2D eigenvalue weighted by Crippen LogP contribution is 2.42. The molecule has 2 saturated heterocycles. The molecule has 2 aliphatic heterocycles. The van der Waals surface area contributed by atoms with Crippen LogP contribution in [0.3, 0.4) is 0 Å². The summed E-state index contributed by atoms with van der Waals surface area (Å²) < 4.78 is 10.7. The Kier molecular flexibility index (Phi) is 4.13. The van der Waals surface area contributed by atoms with Crippen molar-refractivity contribution in [1.82, 2.24) is 4.90 Å². The molecule has 20 heavy (non-hydrogen) atoms. The molecule has 0 N–H and O–H groups in total. The Morgan fingerprint density at radius 2 is 2.00 bits per heavy atom. The third kappa shape index (κ3) is 2.76. The Morgan fingerprint density at radius 1 is 1.20 bits per heavy atom. The van der Waals surface area contributed by atoms with Crippen LogP contribution in [0.2, 0.25) is 0 Å². The molecule has 1 aliphatic carbocycles. The summed E-state index contributed by atoms with van der Waals surface area (Å²) in [6, 6.07) is 0.